The Bertz CT molecular complexity index is 385. The number of methoxy groups -OCH3 is 1. The molecular formula is C15H24BrNO. The molecule has 1 rings (SSSR count). The van der Waals surface area contributed by atoms with Gasteiger partial charge >= 0.3 is 0 Å². The molecule has 0 heterocycles. The normalized spacial score (nSPS) is 13.4. The van der Waals surface area contributed by atoms with Gasteiger partial charge in [0.15, 0.2) is 0 Å². The fraction of sp³-hybridized carbons (Fsp3) is 0.600. The molecule has 0 aliphatic carbocycles. The molecule has 1 unspecified atom stereocenters. The second kappa shape index (κ2) is 6.58. The Morgan fingerprint density at radius 3 is 2.56 bits per heavy atom. The molecular weight excluding hydrogens is 290 g/mol. The quantitative estimate of drug-likeness (QED) is 0.886. The van der Waals surface area contributed by atoms with Gasteiger partial charge in [-0.2, -0.15) is 0 Å². The molecule has 1 atom stereocenters. The molecule has 3 heteroatoms. The van der Waals surface area contributed by atoms with Gasteiger partial charge in [0.1, 0.15) is 5.75 Å². The van der Waals surface area contributed by atoms with Crippen molar-refractivity contribution in [3.05, 3.63) is 28.2 Å². The van der Waals surface area contributed by atoms with Gasteiger partial charge in [0.2, 0.25) is 0 Å². The lowest BCUT2D eigenvalue weighted by atomic mass is 9.99. The maximum Gasteiger partial charge on any atom is 0.119 e. The molecule has 0 saturated heterocycles. The third-order valence-corrected chi connectivity index (χ3v) is 3.58. The molecule has 0 aliphatic rings. The number of ether oxygens (including phenoxy) is 1. The summed E-state index contributed by atoms with van der Waals surface area (Å²) in [5.41, 5.74) is 1.48. The van der Waals surface area contributed by atoms with Crippen molar-refractivity contribution in [2.24, 2.45) is 5.92 Å². The first-order valence-electron chi connectivity index (χ1n) is 6.39. The number of benzene rings is 1. The summed E-state index contributed by atoms with van der Waals surface area (Å²) >= 11 is 3.60. The van der Waals surface area contributed by atoms with Crippen molar-refractivity contribution < 1.29 is 4.74 Å². The van der Waals surface area contributed by atoms with Gasteiger partial charge in [-0.3, -0.25) is 0 Å². The van der Waals surface area contributed by atoms with E-state index in [4.69, 9.17) is 4.74 Å². The van der Waals surface area contributed by atoms with Crippen LogP contribution >= 0.6 is 15.9 Å². The molecule has 18 heavy (non-hydrogen) atoms. The Hall–Kier alpha value is -0.540. The van der Waals surface area contributed by atoms with E-state index in [1.165, 1.54) is 5.56 Å². The summed E-state index contributed by atoms with van der Waals surface area (Å²) in [4.78, 5) is 0. The number of rotatable bonds is 5. The number of halogens is 1. The van der Waals surface area contributed by atoms with Crippen LogP contribution in [0.3, 0.4) is 0 Å². The lowest BCUT2D eigenvalue weighted by molar-refractivity contribution is 0.380. The Kier molecular flexibility index (Phi) is 5.67. The largest absolute Gasteiger partial charge is 0.497 e. The molecule has 1 N–H and O–H groups in total. The highest BCUT2D eigenvalue weighted by Gasteiger charge is 2.12. The van der Waals surface area contributed by atoms with Crippen LogP contribution in [0, 0.1) is 5.92 Å². The van der Waals surface area contributed by atoms with Crippen molar-refractivity contribution >= 4 is 15.9 Å². The highest BCUT2D eigenvalue weighted by Crippen LogP contribution is 2.24. The molecule has 0 aromatic heterocycles. The summed E-state index contributed by atoms with van der Waals surface area (Å²) in [6.07, 6.45) is 1.04. The van der Waals surface area contributed by atoms with Crippen LogP contribution < -0.4 is 10.1 Å². The number of hydrogen-bond acceptors (Lipinski definition) is 2. The Labute approximate surface area is 119 Å². The van der Waals surface area contributed by atoms with Gasteiger partial charge in [-0.05, 0) is 63.4 Å². The fourth-order valence-corrected chi connectivity index (χ4v) is 2.17. The van der Waals surface area contributed by atoms with Gasteiger partial charge in [0.25, 0.3) is 0 Å². The Balaban J connectivity index is 2.61. The van der Waals surface area contributed by atoms with Gasteiger partial charge in [-0.25, -0.2) is 0 Å². The van der Waals surface area contributed by atoms with E-state index in [0.717, 1.165) is 23.2 Å². The standard InChI is InChI=1S/C15H24BrNO/c1-11(10-17-15(2,3)4)8-12-9-13(18-5)6-7-14(12)16/h6-7,9,11,17H,8,10H2,1-5H3. The van der Waals surface area contributed by atoms with E-state index in [1.54, 1.807) is 7.11 Å². The molecule has 0 radical (unpaired) electrons. The third-order valence-electron chi connectivity index (χ3n) is 2.80. The van der Waals surface area contributed by atoms with Crippen molar-refractivity contribution in [3.63, 3.8) is 0 Å². The summed E-state index contributed by atoms with van der Waals surface area (Å²) in [5, 5.41) is 3.54. The van der Waals surface area contributed by atoms with Crippen LogP contribution in [-0.4, -0.2) is 19.2 Å². The van der Waals surface area contributed by atoms with Crippen LogP contribution in [0.25, 0.3) is 0 Å². The SMILES string of the molecule is COc1ccc(Br)c(CC(C)CNC(C)(C)C)c1. The van der Waals surface area contributed by atoms with E-state index < -0.39 is 0 Å². The number of hydrogen-bond donors (Lipinski definition) is 1. The van der Waals surface area contributed by atoms with E-state index in [0.29, 0.717) is 5.92 Å². The topological polar surface area (TPSA) is 21.3 Å². The zero-order valence-corrected chi connectivity index (χ0v) is 13.6. The smallest absolute Gasteiger partial charge is 0.119 e. The van der Waals surface area contributed by atoms with E-state index in [1.807, 2.05) is 6.07 Å². The second-order valence-electron chi connectivity index (χ2n) is 5.90. The van der Waals surface area contributed by atoms with Crippen LogP contribution in [-0.2, 0) is 6.42 Å². The Morgan fingerprint density at radius 2 is 2.00 bits per heavy atom. The van der Waals surface area contributed by atoms with Crippen LogP contribution in [0.1, 0.15) is 33.3 Å². The van der Waals surface area contributed by atoms with Crippen molar-refractivity contribution in [2.75, 3.05) is 13.7 Å². The van der Waals surface area contributed by atoms with E-state index in [9.17, 15) is 0 Å². The van der Waals surface area contributed by atoms with Crippen molar-refractivity contribution in [1.82, 2.24) is 5.32 Å². The molecule has 0 aliphatic heterocycles. The second-order valence-corrected chi connectivity index (χ2v) is 6.75. The van der Waals surface area contributed by atoms with Crippen LogP contribution in [0.5, 0.6) is 5.75 Å². The summed E-state index contributed by atoms with van der Waals surface area (Å²) in [7, 11) is 1.71. The predicted octanol–water partition coefficient (Wildman–Crippen LogP) is 4.02. The van der Waals surface area contributed by atoms with Gasteiger partial charge in [-0.15, -0.1) is 0 Å². The van der Waals surface area contributed by atoms with Crippen LogP contribution in [0.15, 0.2) is 22.7 Å². The summed E-state index contributed by atoms with van der Waals surface area (Å²) in [5.74, 6) is 1.51. The lowest BCUT2D eigenvalue weighted by Gasteiger charge is -2.23. The first-order chi connectivity index (χ1) is 8.31. The van der Waals surface area contributed by atoms with Crippen LogP contribution in [0.2, 0.25) is 0 Å². The molecule has 2 nitrogen and oxygen atoms in total. The molecule has 0 spiro atoms. The van der Waals surface area contributed by atoms with Crippen molar-refractivity contribution in [3.8, 4) is 5.75 Å². The molecule has 1 aromatic carbocycles. The van der Waals surface area contributed by atoms with E-state index >= 15 is 0 Å². The molecule has 1 aromatic rings. The maximum absolute atomic E-state index is 5.27. The molecule has 0 fully saturated rings. The van der Waals surface area contributed by atoms with Crippen molar-refractivity contribution in [1.29, 1.82) is 0 Å². The molecule has 0 amide bonds. The van der Waals surface area contributed by atoms with Gasteiger partial charge in [0.05, 0.1) is 7.11 Å². The Morgan fingerprint density at radius 1 is 1.33 bits per heavy atom. The summed E-state index contributed by atoms with van der Waals surface area (Å²) < 4.78 is 6.43. The average Bonchev–Trinajstić information content (AvgIpc) is 2.28. The fourth-order valence-electron chi connectivity index (χ4n) is 1.76. The average molecular weight is 314 g/mol. The zero-order chi connectivity index (χ0) is 13.8. The highest BCUT2D eigenvalue weighted by atomic mass is 79.9. The summed E-state index contributed by atoms with van der Waals surface area (Å²) in [6, 6.07) is 6.14. The van der Waals surface area contributed by atoms with Gasteiger partial charge in [-0.1, -0.05) is 22.9 Å². The minimum Gasteiger partial charge on any atom is -0.497 e. The van der Waals surface area contributed by atoms with Crippen LogP contribution in [0.4, 0.5) is 0 Å². The predicted molar refractivity (Wildman–Crippen MR) is 81.3 cm³/mol. The molecule has 102 valence electrons. The highest BCUT2D eigenvalue weighted by molar-refractivity contribution is 9.10. The molecule has 0 saturated carbocycles. The summed E-state index contributed by atoms with van der Waals surface area (Å²) in [6.45, 7) is 9.88. The lowest BCUT2D eigenvalue weighted by Crippen LogP contribution is -2.39. The van der Waals surface area contributed by atoms with E-state index in [2.05, 4.69) is 61.1 Å². The zero-order valence-electron chi connectivity index (χ0n) is 12.0. The van der Waals surface area contributed by atoms with Gasteiger partial charge in [0, 0.05) is 10.0 Å². The minimum absolute atomic E-state index is 0.180. The van der Waals surface area contributed by atoms with Gasteiger partial charge < -0.3 is 10.1 Å². The number of nitrogens with one attached hydrogen (secondary N) is 1. The first-order valence-corrected chi connectivity index (χ1v) is 7.18. The minimum atomic E-state index is 0.180. The monoisotopic (exact) mass is 313 g/mol. The first kappa shape index (κ1) is 15.5. The van der Waals surface area contributed by atoms with E-state index in [-0.39, 0.29) is 5.54 Å². The van der Waals surface area contributed by atoms with Crippen molar-refractivity contribution in [2.45, 2.75) is 39.7 Å². The maximum atomic E-state index is 5.27. The molecule has 0 bridgehead atoms. The third kappa shape index (κ3) is 5.40.